The second-order valence-electron chi connectivity index (χ2n) is 3.35. The molecule has 0 fully saturated rings. The van der Waals surface area contributed by atoms with Crippen molar-refractivity contribution < 1.29 is 30.3 Å². The van der Waals surface area contributed by atoms with E-state index in [4.69, 9.17) is 0 Å². The van der Waals surface area contributed by atoms with E-state index in [2.05, 4.69) is 0 Å². The fourth-order valence-electron chi connectivity index (χ4n) is 0.982. The Bertz CT molecular complexity index is 381. The van der Waals surface area contributed by atoms with E-state index in [0.29, 0.717) is 4.88 Å². The van der Waals surface area contributed by atoms with Gasteiger partial charge in [0.05, 0.1) is 0 Å². The molecule has 0 atom stereocenters. The number of rotatable bonds is 9. The van der Waals surface area contributed by atoms with Gasteiger partial charge in [0.1, 0.15) is 0 Å². The van der Waals surface area contributed by atoms with Crippen molar-refractivity contribution in [3.63, 3.8) is 0 Å². The summed E-state index contributed by atoms with van der Waals surface area (Å²) in [6, 6.07) is 0. The summed E-state index contributed by atoms with van der Waals surface area (Å²) >= 11 is -2.75. The van der Waals surface area contributed by atoms with Gasteiger partial charge in [-0.25, -0.2) is 0 Å². The van der Waals surface area contributed by atoms with Crippen molar-refractivity contribution in [3.8, 4) is 0 Å². The molecule has 0 saturated carbocycles. The van der Waals surface area contributed by atoms with Crippen molar-refractivity contribution in [1.29, 1.82) is 0 Å². The third-order valence-electron chi connectivity index (χ3n) is 1.87. The zero-order chi connectivity index (χ0) is 14.5. The Kier molecular flexibility index (Phi) is 10.8. The molecule has 0 saturated heterocycles. The molecule has 0 aliphatic carbocycles. The third kappa shape index (κ3) is 8.33. The molecule has 0 rings (SSSR count). The Morgan fingerprint density at radius 3 is 1.58 bits per heavy atom. The van der Waals surface area contributed by atoms with Crippen LogP contribution in [0.25, 0.3) is 0 Å². The van der Waals surface area contributed by atoms with Gasteiger partial charge >= 0.3 is 119 Å². The Labute approximate surface area is 119 Å². The van der Waals surface area contributed by atoms with Crippen LogP contribution in [0.5, 0.6) is 0 Å². The molecular weight excluding hydrogens is 329 g/mol. The van der Waals surface area contributed by atoms with Crippen molar-refractivity contribution in [2.45, 2.75) is 26.7 Å². The van der Waals surface area contributed by atoms with Crippen LogP contribution in [0, 0.1) is 0 Å². The van der Waals surface area contributed by atoms with Crippen LogP contribution in [0.15, 0.2) is 48.6 Å². The SMILES string of the molecule is CCC=CC=C[C](=O)[Ru]([CH]=O)[C](=O)C=CC=CCC. The maximum atomic E-state index is 11.7. The van der Waals surface area contributed by atoms with Crippen LogP contribution in [-0.2, 0) is 30.3 Å². The van der Waals surface area contributed by atoms with Gasteiger partial charge < -0.3 is 0 Å². The first-order valence-corrected chi connectivity index (χ1v) is 8.75. The van der Waals surface area contributed by atoms with Crippen LogP contribution in [0.2, 0.25) is 0 Å². The predicted molar refractivity (Wildman–Crippen MR) is 73.9 cm³/mol. The first-order valence-electron chi connectivity index (χ1n) is 6.01. The van der Waals surface area contributed by atoms with Gasteiger partial charge in [-0.1, -0.05) is 0 Å². The second kappa shape index (κ2) is 11.7. The van der Waals surface area contributed by atoms with Crippen LogP contribution in [0.4, 0.5) is 0 Å². The average Bonchev–Trinajstić information content (AvgIpc) is 2.40. The van der Waals surface area contributed by atoms with E-state index in [1.165, 1.54) is 12.2 Å². The third-order valence-corrected chi connectivity index (χ3v) is 4.71. The van der Waals surface area contributed by atoms with Crippen molar-refractivity contribution in [2.24, 2.45) is 0 Å². The van der Waals surface area contributed by atoms with Crippen molar-refractivity contribution in [2.75, 3.05) is 0 Å². The minimum absolute atomic E-state index is 0.352. The number of hydrogen-bond acceptors (Lipinski definition) is 3. The summed E-state index contributed by atoms with van der Waals surface area (Å²) < 4.78 is -0.704. The van der Waals surface area contributed by atoms with Crippen molar-refractivity contribution in [3.05, 3.63) is 48.6 Å². The van der Waals surface area contributed by atoms with Gasteiger partial charge in [0.15, 0.2) is 0 Å². The van der Waals surface area contributed by atoms with Crippen LogP contribution in [0.1, 0.15) is 26.7 Å². The Morgan fingerprint density at radius 2 is 1.26 bits per heavy atom. The van der Waals surface area contributed by atoms with E-state index < -0.39 is 16.0 Å². The molecule has 0 bridgehead atoms. The number of hydrogen-bond donors (Lipinski definition) is 0. The van der Waals surface area contributed by atoms with Gasteiger partial charge in [0, 0.05) is 0 Å². The van der Waals surface area contributed by atoms with Gasteiger partial charge in [-0.05, 0) is 0 Å². The molecule has 0 unspecified atom stereocenters. The van der Waals surface area contributed by atoms with Crippen LogP contribution in [-0.4, -0.2) is 13.6 Å². The number of allylic oxidation sites excluding steroid dienone is 8. The molecule has 4 heteroatoms. The van der Waals surface area contributed by atoms with Gasteiger partial charge in [0.25, 0.3) is 0 Å². The molecule has 0 aromatic heterocycles. The quantitative estimate of drug-likeness (QED) is 0.279. The summed E-state index contributed by atoms with van der Waals surface area (Å²) in [5, 5.41) is 0. The van der Waals surface area contributed by atoms with Crippen LogP contribution >= 0.6 is 0 Å². The summed E-state index contributed by atoms with van der Waals surface area (Å²) in [6.45, 7) is 3.96. The van der Waals surface area contributed by atoms with E-state index in [-0.39, 0.29) is 8.76 Å². The van der Waals surface area contributed by atoms with Gasteiger partial charge in [-0.15, -0.1) is 0 Å². The molecule has 0 heterocycles. The molecule has 105 valence electrons. The summed E-state index contributed by atoms with van der Waals surface area (Å²) in [4.78, 5) is 34.8. The first-order chi connectivity index (χ1) is 9.17. The molecule has 0 aliphatic rings. The molecular formula is C15H19O3Ru. The van der Waals surface area contributed by atoms with Crippen molar-refractivity contribution >= 4 is 13.6 Å². The van der Waals surface area contributed by atoms with Gasteiger partial charge in [-0.2, -0.15) is 0 Å². The van der Waals surface area contributed by atoms with Gasteiger partial charge in [-0.3, -0.25) is 0 Å². The topological polar surface area (TPSA) is 51.2 Å². The standard InChI is InChI=1S/2C7H9O.CHO.Ru/c2*1-2-3-4-5-6-7-8;1-2;/h2*3-6H,2H2,1H3;1H;. The molecule has 0 aromatic rings. The molecule has 0 aliphatic heterocycles. The van der Waals surface area contributed by atoms with E-state index in [1.54, 1.807) is 24.3 Å². The van der Waals surface area contributed by atoms with Crippen LogP contribution < -0.4 is 0 Å². The Hall–Kier alpha value is -1.41. The fraction of sp³-hybridized carbons (Fsp3) is 0.267. The molecule has 19 heavy (non-hydrogen) atoms. The van der Waals surface area contributed by atoms with E-state index in [1.807, 2.05) is 26.0 Å². The molecule has 0 amide bonds. The number of carbonyl (C=O) groups excluding carboxylic acids is 3. The zero-order valence-electron chi connectivity index (χ0n) is 11.2. The summed E-state index contributed by atoms with van der Waals surface area (Å²) in [5.41, 5.74) is 0. The first kappa shape index (κ1) is 17.6. The minimum atomic E-state index is -2.75. The second-order valence-corrected chi connectivity index (χ2v) is 6.91. The molecule has 3 nitrogen and oxygen atoms in total. The Morgan fingerprint density at radius 1 is 0.842 bits per heavy atom. The van der Waals surface area contributed by atoms with Crippen molar-refractivity contribution in [1.82, 2.24) is 0 Å². The zero-order valence-corrected chi connectivity index (χ0v) is 12.9. The average molecular weight is 348 g/mol. The summed E-state index contributed by atoms with van der Waals surface area (Å²) in [5.74, 6) is 0. The summed E-state index contributed by atoms with van der Waals surface area (Å²) in [6.07, 6.45) is 14.8. The Balaban J connectivity index is 4.59. The molecule has 0 aromatic carbocycles. The normalized spacial score (nSPS) is 12.8. The number of carbonyl (C=O) groups is 3. The van der Waals surface area contributed by atoms with Gasteiger partial charge in [0.2, 0.25) is 0 Å². The monoisotopic (exact) mass is 349 g/mol. The van der Waals surface area contributed by atoms with Crippen LogP contribution in [0.3, 0.4) is 0 Å². The van der Waals surface area contributed by atoms with E-state index in [9.17, 15) is 14.4 Å². The van der Waals surface area contributed by atoms with E-state index >= 15 is 0 Å². The summed E-state index contributed by atoms with van der Waals surface area (Å²) in [7, 11) is 0. The maximum absolute atomic E-state index is 11.7. The molecule has 0 spiro atoms. The van der Waals surface area contributed by atoms with E-state index in [0.717, 1.165) is 12.8 Å². The molecule has 0 radical (unpaired) electrons. The fourth-order valence-corrected chi connectivity index (χ4v) is 2.77. The predicted octanol–water partition coefficient (Wildman–Crippen LogP) is 2.89. The molecule has 0 N–H and O–H groups in total.